The Morgan fingerprint density at radius 3 is 2.35 bits per heavy atom. The Bertz CT molecular complexity index is 525. The van der Waals surface area contributed by atoms with Crippen molar-refractivity contribution in [2.45, 2.75) is 43.0 Å². The maximum Gasteiger partial charge on any atom is 0.240 e. The van der Waals surface area contributed by atoms with Gasteiger partial charge >= 0.3 is 0 Å². The van der Waals surface area contributed by atoms with E-state index in [1.54, 1.807) is 24.3 Å². The standard InChI is InChI=1S/C14H21IN2O2S/c15-12-6-8-13(9-7-12)20(18,19)17-14(10-16)11-4-2-1-3-5-11/h6-9,11,14,17H,1-5,10,16H2. The molecule has 0 aromatic heterocycles. The Hall–Kier alpha value is -0.180. The molecule has 0 amide bonds. The zero-order valence-corrected chi connectivity index (χ0v) is 14.4. The van der Waals surface area contributed by atoms with E-state index < -0.39 is 10.0 Å². The van der Waals surface area contributed by atoms with E-state index >= 15 is 0 Å². The third-order valence-electron chi connectivity index (χ3n) is 3.90. The minimum atomic E-state index is -3.47. The fourth-order valence-electron chi connectivity index (χ4n) is 2.75. The zero-order valence-electron chi connectivity index (χ0n) is 11.4. The van der Waals surface area contributed by atoms with Gasteiger partial charge in [0.25, 0.3) is 0 Å². The number of hydrogen-bond acceptors (Lipinski definition) is 3. The van der Waals surface area contributed by atoms with Crippen LogP contribution in [-0.2, 0) is 10.0 Å². The van der Waals surface area contributed by atoms with E-state index in [1.807, 2.05) is 0 Å². The van der Waals surface area contributed by atoms with Gasteiger partial charge in [0, 0.05) is 16.2 Å². The fourth-order valence-corrected chi connectivity index (χ4v) is 4.43. The Morgan fingerprint density at radius 1 is 1.20 bits per heavy atom. The van der Waals surface area contributed by atoms with Gasteiger partial charge in [-0.05, 0) is 65.6 Å². The van der Waals surface area contributed by atoms with Crippen LogP contribution in [0.15, 0.2) is 29.2 Å². The number of rotatable bonds is 5. The molecule has 1 aliphatic rings. The Morgan fingerprint density at radius 2 is 1.80 bits per heavy atom. The van der Waals surface area contributed by atoms with E-state index in [2.05, 4.69) is 27.3 Å². The molecule has 1 unspecified atom stereocenters. The predicted octanol–water partition coefficient (Wildman–Crippen LogP) is 2.48. The molecule has 0 spiro atoms. The minimum absolute atomic E-state index is 0.153. The summed E-state index contributed by atoms with van der Waals surface area (Å²) in [6, 6.07) is 6.72. The monoisotopic (exact) mass is 408 g/mol. The quantitative estimate of drug-likeness (QED) is 0.736. The van der Waals surface area contributed by atoms with Crippen LogP contribution in [0.3, 0.4) is 0 Å². The molecule has 4 nitrogen and oxygen atoms in total. The SMILES string of the molecule is NCC(NS(=O)(=O)c1ccc(I)cc1)C1CCCCC1. The molecule has 0 saturated heterocycles. The van der Waals surface area contributed by atoms with Crippen molar-refractivity contribution in [2.24, 2.45) is 11.7 Å². The summed E-state index contributed by atoms with van der Waals surface area (Å²) in [4.78, 5) is 0.312. The zero-order chi connectivity index (χ0) is 14.6. The lowest BCUT2D eigenvalue weighted by Gasteiger charge is -2.29. The summed E-state index contributed by atoms with van der Waals surface area (Å²) in [5.74, 6) is 0.368. The van der Waals surface area contributed by atoms with Crippen LogP contribution in [0.4, 0.5) is 0 Å². The molecule has 0 bridgehead atoms. The molecular weight excluding hydrogens is 387 g/mol. The molecular formula is C14H21IN2O2S. The highest BCUT2D eigenvalue weighted by atomic mass is 127. The smallest absolute Gasteiger partial charge is 0.240 e. The van der Waals surface area contributed by atoms with E-state index in [4.69, 9.17) is 5.73 Å². The summed E-state index contributed by atoms with van der Waals surface area (Å²) in [7, 11) is -3.47. The van der Waals surface area contributed by atoms with Crippen LogP contribution >= 0.6 is 22.6 Å². The van der Waals surface area contributed by atoms with Gasteiger partial charge in [-0.2, -0.15) is 0 Å². The van der Waals surface area contributed by atoms with Gasteiger partial charge in [0.15, 0.2) is 0 Å². The number of sulfonamides is 1. The maximum absolute atomic E-state index is 12.4. The molecule has 0 radical (unpaired) electrons. The Labute approximate surface area is 134 Å². The third kappa shape index (κ3) is 4.16. The average molecular weight is 408 g/mol. The number of nitrogens with one attached hydrogen (secondary N) is 1. The van der Waals surface area contributed by atoms with Gasteiger partial charge in [-0.1, -0.05) is 19.3 Å². The molecule has 112 valence electrons. The molecule has 20 heavy (non-hydrogen) atoms. The van der Waals surface area contributed by atoms with Crippen LogP contribution < -0.4 is 10.5 Å². The van der Waals surface area contributed by atoms with Gasteiger partial charge in [-0.15, -0.1) is 0 Å². The lowest BCUT2D eigenvalue weighted by Crippen LogP contribution is -2.45. The van der Waals surface area contributed by atoms with Gasteiger partial charge in [0.2, 0.25) is 10.0 Å². The highest BCUT2D eigenvalue weighted by Gasteiger charge is 2.27. The van der Waals surface area contributed by atoms with Gasteiger partial charge in [0.05, 0.1) is 4.90 Å². The number of halogens is 1. The van der Waals surface area contributed by atoms with Gasteiger partial charge in [-0.25, -0.2) is 13.1 Å². The maximum atomic E-state index is 12.4. The summed E-state index contributed by atoms with van der Waals surface area (Å²) in [6.45, 7) is 0.355. The van der Waals surface area contributed by atoms with Crippen LogP contribution in [0, 0.1) is 9.49 Å². The topological polar surface area (TPSA) is 72.2 Å². The number of benzene rings is 1. The molecule has 0 heterocycles. The summed E-state index contributed by atoms with van der Waals surface area (Å²) >= 11 is 2.16. The van der Waals surface area contributed by atoms with Crippen molar-refractivity contribution in [3.8, 4) is 0 Å². The first-order chi connectivity index (χ1) is 9.53. The first kappa shape index (κ1) is 16.2. The van der Waals surface area contributed by atoms with E-state index in [1.165, 1.54) is 19.3 Å². The fraction of sp³-hybridized carbons (Fsp3) is 0.571. The van der Waals surface area contributed by atoms with E-state index in [0.717, 1.165) is 16.4 Å². The van der Waals surface area contributed by atoms with E-state index in [-0.39, 0.29) is 6.04 Å². The second-order valence-electron chi connectivity index (χ2n) is 5.32. The van der Waals surface area contributed by atoms with Crippen LogP contribution in [0.5, 0.6) is 0 Å². The molecule has 2 rings (SSSR count). The molecule has 1 fully saturated rings. The normalized spacial score (nSPS) is 18.9. The van der Waals surface area contributed by atoms with Crippen molar-refractivity contribution in [1.82, 2.24) is 4.72 Å². The molecule has 1 saturated carbocycles. The van der Waals surface area contributed by atoms with Crippen LogP contribution in [0.1, 0.15) is 32.1 Å². The summed E-state index contributed by atoms with van der Waals surface area (Å²) < 4.78 is 28.6. The molecule has 1 aromatic carbocycles. The van der Waals surface area contributed by atoms with E-state index in [0.29, 0.717) is 17.4 Å². The molecule has 3 N–H and O–H groups in total. The van der Waals surface area contributed by atoms with Crippen molar-refractivity contribution in [3.05, 3.63) is 27.8 Å². The Balaban J connectivity index is 2.10. The molecule has 0 aliphatic heterocycles. The molecule has 1 aromatic rings. The Kier molecular flexibility index (Phi) is 5.83. The lowest BCUT2D eigenvalue weighted by molar-refractivity contribution is 0.294. The van der Waals surface area contributed by atoms with E-state index in [9.17, 15) is 8.42 Å². The summed E-state index contributed by atoms with van der Waals surface area (Å²) in [6.07, 6.45) is 5.73. The van der Waals surface area contributed by atoms with Gasteiger partial charge in [0.1, 0.15) is 0 Å². The van der Waals surface area contributed by atoms with Crippen LogP contribution in [-0.4, -0.2) is 21.0 Å². The van der Waals surface area contributed by atoms with Crippen molar-refractivity contribution in [3.63, 3.8) is 0 Å². The molecule has 1 aliphatic carbocycles. The summed E-state index contributed by atoms with van der Waals surface area (Å²) in [5, 5.41) is 0. The minimum Gasteiger partial charge on any atom is -0.329 e. The summed E-state index contributed by atoms with van der Waals surface area (Å²) in [5.41, 5.74) is 5.78. The second kappa shape index (κ2) is 7.20. The lowest BCUT2D eigenvalue weighted by atomic mass is 9.84. The van der Waals surface area contributed by atoms with Crippen molar-refractivity contribution in [2.75, 3.05) is 6.54 Å². The molecule has 6 heteroatoms. The van der Waals surface area contributed by atoms with Crippen molar-refractivity contribution >= 4 is 32.6 Å². The first-order valence-corrected chi connectivity index (χ1v) is 9.57. The third-order valence-corrected chi connectivity index (χ3v) is 6.13. The van der Waals surface area contributed by atoms with Crippen molar-refractivity contribution < 1.29 is 8.42 Å². The van der Waals surface area contributed by atoms with Gasteiger partial charge < -0.3 is 5.73 Å². The predicted molar refractivity (Wildman–Crippen MR) is 88.9 cm³/mol. The highest BCUT2D eigenvalue weighted by molar-refractivity contribution is 14.1. The van der Waals surface area contributed by atoms with Crippen LogP contribution in [0.2, 0.25) is 0 Å². The number of nitrogens with two attached hydrogens (primary N) is 1. The van der Waals surface area contributed by atoms with Gasteiger partial charge in [-0.3, -0.25) is 0 Å². The average Bonchev–Trinajstić information content (AvgIpc) is 2.46. The van der Waals surface area contributed by atoms with Crippen LogP contribution in [0.25, 0.3) is 0 Å². The van der Waals surface area contributed by atoms with Crippen molar-refractivity contribution in [1.29, 1.82) is 0 Å². The second-order valence-corrected chi connectivity index (χ2v) is 8.28. The molecule has 1 atom stereocenters. The number of hydrogen-bond donors (Lipinski definition) is 2. The largest absolute Gasteiger partial charge is 0.329 e. The highest BCUT2D eigenvalue weighted by Crippen LogP contribution is 2.27. The first-order valence-electron chi connectivity index (χ1n) is 7.01.